The van der Waals surface area contributed by atoms with Crippen LogP contribution in [0.5, 0.6) is 0 Å². The van der Waals surface area contributed by atoms with Crippen molar-refractivity contribution in [2.75, 3.05) is 7.11 Å². The highest BCUT2D eigenvalue weighted by atomic mass is 16.5. The lowest BCUT2D eigenvalue weighted by Crippen LogP contribution is -2.50. The fraction of sp³-hybridized carbons (Fsp3) is 0.800. The lowest BCUT2D eigenvalue weighted by Gasteiger charge is -2.37. The summed E-state index contributed by atoms with van der Waals surface area (Å²) in [6.07, 6.45) is 3.30. The molecule has 2 N–H and O–H groups in total. The normalized spacial score (nSPS) is 32.3. The average Bonchev–Trinajstić information content (AvgIpc) is 2.17. The minimum atomic E-state index is -1.08. The molecule has 1 aliphatic carbocycles. The molecule has 0 aliphatic heterocycles. The third-order valence-electron chi connectivity index (χ3n) is 3.29. The molecular formula is C10H17NO3. The van der Waals surface area contributed by atoms with E-state index in [1.807, 2.05) is 6.92 Å². The summed E-state index contributed by atoms with van der Waals surface area (Å²) >= 11 is 0. The lowest BCUT2D eigenvalue weighted by atomic mass is 9.66. The highest BCUT2D eigenvalue weighted by Gasteiger charge is 2.50. The van der Waals surface area contributed by atoms with Gasteiger partial charge in [0.05, 0.1) is 7.11 Å². The van der Waals surface area contributed by atoms with Crippen LogP contribution in [0, 0.1) is 11.3 Å². The van der Waals surface area contributed by atoms with Gasteiger partial charge in [-0.05, 0) is 18.8 Å². The molecule has 1 aliphatic rings. The zero-order valence-electron chi connectivity index (χ0n) is 8.71. The Morgan fingerprint density at radius 3 is 2.50 bits per heavy atom. The molecule has 2 unspecified atom stereocenters. The summed E-state index contributed by atoms with van der Waals surface area (Å²) in [4.78, 5) is 23.0. The number of rotatable bonds is 2. The van der Waals surface area contributed by atoms with Gasteiger partial charge in [-0.25, -0.2) is 0 Å². The van der Waals surface area contributed by atoms with Crippen molar-refractivity contribution in [3.8, 4) is 0 Å². The SMILES string of the molecule is COC(=O)C1(C(N)=O)CCCCC1C. The fourth-order valence-electron chi connectivity index (χ4n) is 2.30. The number of carbonyl (C=O) groups excluding carboxylic acids is 2. The number of carbonyl (C=O) groups is 2. The van der Waals surface area contributed by atoms with Gasteiger partial charge in [0, 0.05) is 0 Å². The van der Waals surface area contributed by atoms with Crippen LogP contribution < -0.4 is 5.73 Å². The van der Waals surface area contributed by atoms with Gasteiger partial charge in [-0.2, -0.15) is 0 Å². The molecule has 4 nitrogen and oxygen atoms in total. The number of amides is 1. The molecule has 1 amide bonds. The Morgan fingerprint density at radius 2 is 2.07 bits per heavy atom. The highest BCUT2D eigenvalue weighted by Crippen LogP contribution is 2.41. The Labute approximate surface area is 83.8 Å². The maximum atomic E-state index is 11.6. The Morgan fingerprint density at radius 1 is 1.43 bits per heavy atom. The van der Waals surface area contributed by atoms with Gasteiger partial charge < -0.3 is 10.5 Å². The highest BCUT2D eigenvalue weighted by molar-refractivity contribution is 6.02. The molecule has 0 saturated heterocycles. The molecule has 1 saturated carbocycles. The van der Waals surface area contributed by atoms with Gasteiger partial charge in [0.1, 0.15) is 5.41 Å². The van der Waals surface area contributed by atoms with Crippen molar-refractivity contribution in [1.82, 2.24) is 0 Å². The number of ether oxygens (including phenoxy) is 1. The number of hydrogen-bond acceptors (Lipinski definition) is 3. The van der Waals surface area contributed by atoms with E-state index in [4.69, 9.17) is 5.73 Å². The molecule has 0 aromatic carbocycles. The second kappa shape index (κ2) is 3.98. The van der Waals surface area contributed by atoms with E-state index in [2.05, 4.69) is 4.74 Å². The van der Waals surface area contributed by atoms with Gasteiger partial charge in [-0.3, -0.25) is 9.59 Å². The summed E-state index contributed by atoms with van der Waals surface area (Å²) in [5.41, 5.74) is 4.25. The van der Waals surface area contributed by atoms with Gasteiger partial charge in [0.2, 0.25) is 5.91 Å². The predicted octanol–water partition coefficient (Wildman–Crippen LogP) is 0.841. The van der Waals surface area contributed by atoms with Crippen LogP contribution in [-0.4, -0.2) is 19.0 Å². The van der Waals surface area contributed by atoms with E-state index in [0.717, 1.165) is 19.3 Å². The van der Waals surface area contributed by atoms with Gasteiger partial charge in [0.25, 0.3) is 0 Å². The van der Waals surface area contributed by atoms with Crippen molar-refractivity contribution in [2.45, 2.75) is 32.6 Å². The van der Waals surface area contributed by atoms with Crippen molar-refractivity contribution in [3.63, 3.8) is 0 Å². The monoisotopic (exact) mass is 199 g/mol. The second-order valence-corrected chi connectivity index (χ2v) is 3.97. The van der Waals surface area contributed by atoms with Gasteiger partial charge >= 0.3 is 5.97 Å². The molecule has 0 bridgehead atoms. The zero-order chi connectivity index (χ0) is 10.8. The molecule has 4 heteroatoms. The van der Waals surface area contributed by atoms with Crippen molar-refractivity contribution < 1.29 is 14.3 Å². The van der Waals surface area contributed by atoms with Crippen molar-refractivity contribution in [2.24, 2.45) is 17.1 Å². The van der Waals surface area contributed by atoms with Crippen LogP contribution in [-0.2, 0) is 14.3 Å². The molecular weight excluding hydrogens is 182 g/mol. The van der Waals surface area contributed by atoms with E-state index in [1.165, 1.54) is 7.11 Å². The van der Waals surface area contributed by atoms with Crippen LogP contribution in [0.2, 0.25) is 0 Å². The summed E-state index contributed by atoms with van der Waals surface area (Å²) in [6.45, 7) is 1.89. The van der Waals surface area contributed by atoms with Crippen molar-refractivity contribution in [1.29, 1.82) is 0 Å². The standard InChI is InChI=1S/C10H17NO3/c1-7-5-3-4-6-10(7,8(11)12)9(13)14-2/h7H,3-6H2,1-2H3,(H2,11,12). The van der Waals surface area contributed by atoms with Crippen LogP contribution in [0.25, 0.3) is 0 Å². The topological polar surface area (TPSA) is 69.4 Å². The summed E-state index contributed by atoms with van der Waals surface area (Å²) in [6, 6.07) is 0. The van der Waals surface area contributed by atoms with E-state index in [1.54, 1.807) is 0 Å². The molecule has 0 radical (unpaired) electrons. The molecule has 1 fully saturated rings. The number of primary amides is 1. The first-order valence-electron chi connectivity index (χ1n) is 4.94. The third kappa shape index (κ3) is 1.49. The van der Waals surface area contributed by atoms with Crippen LogP contribution in [0.3, 0.4) is 0 Å². The quantitative estimate of drug-likeness (QED) is 0.529. The van der Waals surface area contributed by atoms with Crippen LogP contribution in [0.4, 0.5) is 0 Å². The maximum absolute atomic E-state index is 11.6. The minimum absolute atomic E-state index is 0.0128. The number of methoxy groups -OCH3 is 1. The molecule has 14 heavy (non-hydrogen) atoms. The van der Waals surface area contributed by atoms with Crippen LogP contribution in [0.15, 0.2) is 0 Å². The Balaban J connectivity index is 3.01. The molecule has 0 aromatic rings. The first-order chi connectivity index (χ1) is 6.55. The summed E-state index contributed by atoms with van der Waals surface area (Å²) < 4.78 is 4.69. The van der Waals surface area contributed by atoms with Crippen molar-refractivity contribution >= 4 is 11.9 Å². The van der Waals surface area contributed by atoms with E-state index >= 15 is 0 Å². The second-order valence-electron chi connectivity index (χ2n) is 3.97. The fourth-order valence-corrected chi connectivity index (χ4v) is 2.30. The third-order valence-corrected chi connectivity index (χ3v) is 3.29. The number of esters is 1. The van der Waals surface area contributed by atoms with E-state index in [-0.39, 0.29) is 5.92 Å². The number of hydrogen-bond donors (Lipinski definition) is 1. The van der Waals surface area contributed by atoms with E-state index < -0.39 is 17.3 Å². The molecule has 0 heterocycles. The Hall–Kier alpha value is -1.06. The summed E-state index contributed by atoms with van der Waals surface area (Å²) in [5, 5.41) is 0. The average molecular weight is 199 g/mol. The maximum Gasteiger partial charge on any atom is 0.321 e. The van der Waals surface area contributed by atoms with Gasteiger partial charge in [-0.15, -0.1) is 0 Å². The summed E-state index contributed by atoms with van der Waals surface area (Å²) in [5.74, 6) is -1.03. The van der Waals surface area contributed by atoms with Gasteiger partial charge in [0.15, 0.2) is 0 Å². The zero-order valence-corrected chi connectivity index (χ0v) is 8.71. The largest absolute Gasteiger partial charge is 0.468 e. The van der Waals surface area contributed by atoms with E-state index in [9.17, 15) is 9.59 Å². The molecule has 1 rings (SSSR count). The Bertz CT molecular complexity index is 252. The minimum Gasteiger partial charge on any atom is -0.468 e. The lowest BCUT2D eigenvalue weighted by molar-refractivity contribution is -0.164. The first kappa shape index (κ1) is 11.0. The predicted molar refractivity (Wildman–Crippen MR) is 51.3 cm³/mol. The van der Waals surface area contributed by atoms with Crippen LogP contribution in [0.1, 0.15) is 32.6 Å². The number of nitrogens with two attached hydrogens (primary N) is 1. The smallest absolute Gasteiger partial charge is 0.321 e. The van der Waals surface area contributed by atoms with Crippen molar-refractivity contribution in [3.05, 3.63) is 0 Å². The molecule has 0 aromatic heterocycles. The molecule has 0 spiro atoms. The summed E-state index contributed by atoms with van der Waals surface area (Å²) in [7, 11) is 1.30. The molecule has 80 valence electrons. The van der Waals surface area contributed by atoms with E-state index in [0.29, 0.717) is 6.42 Å². The van der Waals surface area contributed by atoms with Crippen LogP contribution >= 0.6 is 0 Å². The molecule has 2 atom stereocenters. The van der Waals surface area contributed by atoms with Gasteiger partial charge in [-0.1, -0.05) is 19.8 Å². The first-order valence-corrected chi connectivity index (χ1v) is 4.94. The Kier molecular flexibility index (Phi) is 3.13.